The molecule has 1 saturated carbocycles. The fraction of sp³-hybridized carbons (Fsp3) is 0.647. The molecule has 2 aliphatic rings. The van der Waals surface area contributed by atoms with Crippen LogP contribution in [0.4, 0.5) is 10.1 Å². The summed E-state index contributed by atoms with van der Waals surface area (Å²) in [6.45, 7) is 4.08. The van der Waals surface area contributed by atoms with E-state index < -0.39 is 0 Å². The van der Waals surface area contributed by atoms with Crippen LogP contribution >= 0.6 is 0 Å². The number of hydrogen-bond donors (Lipinski definition) is 0. The maximum Gasteiger partial charge on any atom is 0.146 e. The lowest BCUT2D eigenvalue weighted by molar-refractivity contribution is 0.169. The first kappa shape index (κ1) is 13.9. The second-order valence-electron chi connectivity index (χ2n) is 6.12. The topological polar surface area (TPSA) is 6.48 Å². The number of hydrogen-bond acceptors (Lipinski definition) is 2. The van der Waals surface area contributed by atoms with E-state index in [-0.39, 0.29) is 5.82 Å². The minimum absolute atomic E-state index is 0.0876. The second-order valence-corrected chi connectivity index (χ2v) is 6.12. The van der Waals surface area contributed by atoms with Gasteiger partial charge in [-0.2, -0.15) is 0 Å². The molecule has 0 atom stereocenters. The van der Waals surface area contributed by atoms with Crippen LogP contribution < -0.4 is 4.90 Å². The van der Waals surface area contributed by atoms with E-state index in [9.17, 15) is 4.39 Å². The summed E-state index contributed by atoms with van der Waals surface area (Å²) in [4.78, 5) is 4.84. The standard InChI is InChI=1S/C17H25FN2/c18-16-9-5-6-10-17(16)20-13-11-19(12-14-20)15-7-3-1-2-4-8-15/h5-6,9-10,15H,1-4,7-8,11-14H2. The van der Waals surface area contributed by atoms with Crippen LogP contribution in [-0.2, 0) is 0 Å². The van der Waals surface area contributed by atoms with Crippen molar-refractivity contribution in [3.05, 3.63) is 30.1 Å². The third kappa shape index (κ3) is 3.14. The molecule has 1 aliphatic heterocycles. The highest BCUT2D eigenvalue weighted by Crippen LogP contribution is 2.25. The van der Waals surface area contributed by atoms with E-state index >= 15 is 0 Å². The van der Waals surface area contributed by atoms with E-state index in [1.807, 2.05) is 12.1 Å². The van der Waals surface area contributed by atoms with Gasteiger partial charge in [-0.25, -0.2) is 4.39 Å². The van der Waals surface area contributed by atoms with Gasteiger partial charge in [0.15, 0.2) is 0 Å². The van der Waals surface area contributed by atoms with Gasteiger partial charge in [0.2, 0.25) is 0 Å². The summed E-state index contributed by atoms with van der Waals surface area (Å²) >= 11 is 0. The van der Waals surface area contributed by atoms with Gasteiger partial charge in [-0.1, -0.05) is 37.8 Å². The highest BCUT2D eigenvalue weighted by molar-refractivity contribution is 5.48. The zero-order valence-corrected chi connectivity index (χ0v) is 12.2. The lowest BCUT2D eigenvalue weighted by atomic mass is 10.1. The highest BCUT2D eigenvalue weighted by Gasteiger charge is 2.25. The lowest BCUT2D eigenvalue weighted by Crippen LogP contribution is -2.50. The summed E-state index contributed by atoms with van der Waals surface area (Å²) < 4.78 is 13.8. The summed E-state index contributed by atoms with van der Waals surface area (Å²) in [5, 5.41) is 0. The third-order valence-corrected chi connectivity index (χ3v) is 4.85. The minimum atomic E-state index is -0.0876. The maximum absolute atomic E-state index is 13.8. The molecule has 0 aromatic heterocycles. The number of para-hydroxylation sites is 1. The number of nitrogens with zero attached hydrogens (tertiary/aromatic N) is 2. The van der Waals surface area contributed by atoms with Gasteiger partial charge in [0, 0.05) is 32.2 Å². The smallest absolute Gasteiger partial charge is 0.146 e. The lowest BCUT2D eigenvalue weighted by Gasteiger charge is -2.40. The Morgan fingerprint density at radius 1 is 0.850 bits per heavy atom. The van der Waals surface area contributed by atoms with Crippen molar-refractivity contribution in [2.45, 2.75) is 44.6 Å². The molecule has 0 unspecified atom stereocenters. The summed E-state index contributed by atoms with van der Waals surface area (Å²) in [5.74, 6) is -0.0876. The fourth-order valence-corrected chi connectivity index (χ4v) is 3.66. The van der Waals surface area contributed by atoms with Crippen molar-refractivity contribution in [3.8, 4) is 0 Å². The van der Waals surface area contributed by atoms with Gasteiger partial charge in [0.25, 0.3) is 0 Å². The van der Waals surface area contributed by atoms with Crippen molar-refractivity contribution in [3.63, 3.8) is 0 Å². The summed E-state index contributed by atoms with van der Waals surface area (Å²) in [6.07, 6.45) is 8.31. The van der Waals surface area contributed by atoms with Gasteiger partial charge in [0.1, 0.15) is 5.82 Å². The number of rotatable bonds is 2. The molecule has 0 radical (unpaired) electrons. The second kappa shape index (κ2) is 6.57. The van der Waals surface area contributed by atoms with Crippen molar-refractivity contribution in [1.29, 1.82) is 0 Å². The number of benzene rings is 1. The van der Waals surface area contributed by atoms with Crippen molar-refractivity contribution in [2.75, 3.05) is 31.1 Å². The minimum Gasteiger partial charge on any atom is -0.367 e. The predicted octanol–water partition coefficient (Wildman–Crippen LogP) is 3.67. The van der Waals surface area contributed by atoms with Crippen LogP contribution in [0, 0.1) is 5.82 Å². The molecular formula is C17H25FN2. The first-order valence-electron chi connectivity index (χ1n) is 8.08. The molecule has 1 saturated heterocycles. The first-order valence-corrected chi connectivity index (χ1v) is 8.08. The Hall–Kier alpha value is -1.09. The number of halogens is 1. The van der Waals surface area contributed by atoms with Gasteiger partial charge in [-0.15, -0.1) is 0 Å². The Bertz CT molecular complexity index is 419. The molecule has 0 spiro atoms. The van der Waals surface area contributed by atoms with Crippen LogP contribution in [0.15, 0.2) is 24.3 Å². The predicted molar refractivity (Wildman–Crippen MR) is 81.7 cm³/mol. The maximum atomic E-state index is 13.8. The van der Waals surface area contributed by atoms with Crippen LogP contribution in [0.1, 0.15) is 38.5 Å². The Labute approximate surface area is 121 Å². The molecular weight excluding hydrogens is 251 g/mol. The van der Waals surface area contributed by atoms with Crippen LogP contribution in [0.2, 0.25) is 0 Å². The molecule has 1 aromatic rings. The van der Waals surface area contributed by atoms with Crippen LogP contribution in [0.5, 0.6) is 0 Å². The Morgan fingerprint density at radius 2 is 1.50 bits per heavy atom. The zero-order chi connectivity index (χ0) is 13.8. The molecule has 2 fully saturated rings. The molecule has 3 heteroatoms. The first-order chi connectivity index (χ1) is 9.84. The van der Waals surface area contributed by atoms with E-state index in [4.69, 9.17) is 0 Å². The molecule has 1 aromatic carbocycles. The van der Waals surface area contributed by atoms with Crippen molar-refractivity contribution in [1.82, 2.24) is 4.90 Å². The van der Waals surface area contributed by atoms with Gasteiger partial charge in [-0.3, -0.25) is 4.90 Å². The fourth-order valence-electron chi connectivity index (χ4n) is 3.66. The van der Waals surface area contributed by atoms with Crippen LogP contribution in [0.3, 0.4) is 0 Å². The van der Waals surface area contributed by atoms with E-state index in [0.717, 1.165) is 37.9 Å². The largest absolute Gasteiger partial charge is 0.367 e. The summed E-state index contributed by atoms with van der Waals surface area (Å²) in [6, 6.07) is 7.93. The molecule has 3 rings (SSSR count). The summed E-state index contributed by atoms with van der Waals surface area (Å²) in [7, 11) is 0. The normalized spacial score (nSPS) is 22.8. The average Bonchev–Trinajstić information content (AvgIpc) is 2.77. The Kier molecular flexibility index (Phi) is 4.56. The zero-order valence-electron chi connectivity index (χ0n) is 12.2. The molecule has 1 heterocycles. The molecule has 20 heavy (non-hydrogen) atoms. The van der Waals surface area contributed by atoms with Gasteiger partial charge < -0.3 is 4.90 Å². The third-order valence-electron chi connectivity index (χ3n) is 4.85. The quantitative estimate of drug-likeness (QED) is 0.760. The molecule has 110 valence electrons. The van der Waals surface area contributed by atoms with Gasteiger partial charge >= 0.3 is 0 Å². The Balaban J connectivity index is 1.58. The van der Waals surface area contributed by atoms with Crippen LogP contribution in [0.25, 0.3) is 0 Å². The number of piperazine rings is 1. The molecule has 0 amide bonds. The molecule has 0 N–H and O–H groups in total. The molecule has 1 aliphatic carbocycles. The molecule has 2 nitrogen and oxygen atoms in total. The van der Waals surface area contributed by atoms with E-state index in [2.05, 4.69) is 9.80 Å². The average molecular weight is 276 g/mol. The van der Waals surface area contributed by atoms with E-state index in [1.54, 1.807) is 12.1 Å². The number of anilines is 1. The van der Waals surface area contributed by atoms with Crippen LogP contribution in [-0.4, -0.2) is 37.1 Å². The van der Waals surface area contributed by atoms with Gasteiger partial charge in [0.05, 0.1) is 5.69 Å². The SMILES string of the molecule is Fc1ccccc1N1CCN(C2CCCCCC2)CC1. The van der Waals surface area contributed by atoms with E-state index in [1.165, 1.54) is 38.5 Å². The summed E-state index contributed by atoms with van der Waals surface area (Å²) in [5.41, 5.74) is 0.771. The van der Waals surface area contributed by atoms with Crippen molar-refractivity contribution in [2.24, 2.45) is 0 Å². The van der Waals surface area contributed by atoms with E-state index in [0.29, 0.717) is 0 Å². The molecule has 0 bridgehead atoms. The monoisotopic (exact) mass is 276 g/mol. The van der Waals surface area contributed by atoms with Crippen molar-refractivity contribution < 1.29 is 4.39 Å². The van der Waals surface area contributed by atoms with Gasteiger partial charge in [-0.05, 0) is 25.0 Å². The highest BCUT2D eigenvalue weighted by atomic mass is 19.1. The van der Waals surface area contributed by atoms with Crippen molar-refractivity contribution >= 4 is 5.69 Å². The Morgan fingerprint density at radius 3 is 2.15 bits per heavy atom.